The molecule has 0 spiro atoms. The standard InChI is InChI=1S/C15H20FN3O.2C2H6/c1-10-3-4-12(13(16)9-10)15(20)18-14(17)11-5-7-19(2)8-6-11;2*1-2/h3-4,9,11H,5-8H2,1-2H3,(H2,17,18,20);2*1-2H3. The predicted molar refractivity (Wildman–Crippen MR) is 100 cm³/mol. The second-order valence-corrected chi connectivity index (χ2v) is 5.40. The van der Waals surface area contributed by atoms with E-state index >= 15 is 0 Å². The molecule has 1 heterocycles. The fourth-order valence-corrected chi connectivity index (χ4v) is 2.37. The van der Waals surface area contributed by atoms with Gasteiger partial charge in [0.05, 0.1) is 5.56 Å². The Labute approximate surface area is 146 Å². The number of hydrogen-bond donors (Lipinski definition) is 1. The first-order valence-electron chi connectivity index (χ1n) is 8.80. The Hall–Kier alpha value is -1.75. The third-order valence-electron chi connectivity index (χ3n) is 3.72. The number of nitrogens with two attached hydrogens (primary N) is 1. The first kappa shape index (κ1) is 22.2. The minimum Gasteiger partial charge on any atom is -0.387 e. The molecule has 1 amide bonds. The number of nitrogens with zero attached hydrogens (tertiary/aromatic N) is 2. The number of rotatable bonds is 2. The molecular formula is C19H32FN3O. The summed E-state index contributed by atoms with van der Waals surface area (Å²) in [6.45, 7) is 11.6. The van der Waals surface area contributed by atoms with Crippen LogP contribution in [0.3, 0.4) is 0 Å². The zero-order chi connectivity index (χ0) is 18.7. The van der Waals surface area contributed by atoms with Crippen molar-refractivity contribution < 1.29 is 9.18 Å². The third-order valence-corrected chi connectivity index (χ3v) is 3.72. The molecule has 136 valence electrons. The van der Waals surface area contributed by atoms with Gasteiger partial charge in [0, 0.05) is 5.92 Å². The number of piperidine rings is 1. The number of amides is 1. The quantitative estimate of drug-likeness (QED) is 0.655. The summed E-state index contributed by atoms with van der Waals surface area (Å²) >= 11 is 0. The maximum absolute atomic E-state index is 13.7. The number of halogens is 1. The van der Waals surface area contributed by atoms with Crippen LogP contribution >= 0.6 is 0 Å². The van der Waals surface area contributed by atoms with E-state index in [2.05, 4.69) is 16.9 Å². The average Bonchev–Trinajstić information content (AvgIpc) is 2.59. The molecule has 0 radical (unpaired) electrons. The van der Waals surface area contributed by atoms with Crippen molar-refractivity contribution in [2.45, 2.75) is 47.5 Å². The molecule has 1 fully saturated rings. The number of likely N-dealkylation sites (tertiary alicyclic amines) is 1. The largest absolute Gasteiger partial charge is 0.387 e. The minimum atomic E-state index is -0.598. The average molecular weight is 337 g/mol. The van der Waals surface area contributed by atoms with Gasteiger partial charge in [0.25, 0.3) is 5.91 Å². The monoisotopic (exact) mass is 337 g/mol. The summed E-state index contributed by atoms with van der Waals surface area (Å²) in [7, 11) is 2.05. The van der Waals surface area contributed by atoms with Crippen molar-refractivity contribution in [3.63, 3.8) is 0 Å². The SMILES string of the molecule is CC.CC.Cc1ccc(C(=O)N=C(N)C2CCN(C)CC2)c(F)c1. The highest BCUT2D eigenvalue weighted by atomic mass is 19.1. The van der Waals surface area contributed by atoms with Gasteiger partial charge in [-0.2, -0.15) is 4.99 Å². The smallest absolute Gasteiger partial charge is 0.281 e. The summed E-state index contributed by atoms with van der Waals surface area (Å²) in [6, 6.07) is 4.48. The van der Waals surface area contributed by atoms with Crippen molar-refractivity contribution >= 4 is 11.7 Å². The van der Waals surface area contributed by atoms with E-state index in [1.165, 1.54) is 12.1 Å². The van der Waals surface area contributed by atoms with Gasteiger partial charge in [-0.05, 0) is 57.6 Å². The Bertz CT molecular complexity index is 535. The summed E-state index contributed by atoms with van der Waals surface area (Å²) in [5.41, 5.74) is 6.65. The molecule has 24 heavy (non-hydrogen) atoms. The van der Waals surface area contributed by atoms with Gasteiger partial charge < -0.3 is 10.6 Å². The lowest BCUT2D eigenvalue weighted by Gasteiger charge is -2.28. The maximum atomic E-state index is 13.7. The molecule has 0 atom stereocenters. The lowest BCUT2D eigenvalue weighted by Crippen LogP contribution is -2.36. The van der Waals surface area contributed by atoms with Gasteiger partial charge in [-0.3, -0.25) is 4.79 Å². The van der Waals surface area contributed by atoms with E-state index in [-0.39, 0.29) is 11.5 Å². The first-order valence-corrected chi connectivity index (χ1v) is 8.80. The number of amidine groups is 1. The predicted octanol–water partition coefficient (Wildman–Crippen LogP) is 4.03. The Kier molecular flexibility index (Phi) is 10.9. The third kappa shape index (κ3) is 6.79. The van der Waals surface area contributed by atoms with E-state index in [4.69, 9.17) is 5.73 Å². The number of benzene rings is 1. The van der Waals surface area contributed by atoms with Crippen molar-refractivity contribution in [1.29, 1.82) is 0 Å². The molecule has 1 saturated heterocycles. The number of aryl methyl sites for hydroxylation is 1. The number of carbonyl (C=O) groups is 1. The van der Waals surface area contributed by atoms with Crippen LogP contribution < -0.4 is 5.73 Å². The van der Waals surface area contributed by atoms with Crippen molar-refractivity contribution in [2.24, 2.45) is 16.6 Å². The molecule has 1 aliphatic heterocycles. The van der Waals surface area contributed by atoms with Gasteiger partial charge in [-0.1, -0.05) is 33.8 Å². The van der Waals surface area contributed by atoms with Crippen LogP contribution in [0.1, 0.15) is 56.5 Å². The van der Waals surface area contributed by atoms with Crippen molar-refractivity contribution in [3.8, 4) is 0 Å². The number of aliphatic imine (C=N–C) groups is 1. The molecule has 1 aromatic rings. The molecule has 0 aliphatic carbocycles. The number of hydrogen-bond acceptors (Lipinski definition) is 2. The zero-order valence-corrected chi connectivity index (χ0v) is 15.9. The fraction of sp³-hybridized carbons (Fsp3) is 0.579. The van der Waals surface area contributed by atoms with Gasteiger partial charge >= 0.3 is 0 Å². The Morgan fingerprint density at radius 2 is 1.75 bits per heavy atom. The summed E-state index contributed by atoms with van der Waals surface area (Å²) in [5, 5.41) is 0. The van der Waals surface area contributed by atoms with Gasteiger partial charge in [0.2, 0.25) is 0 Å². The van der Waals surface area contributed by atoms with E-state index in [1.807, 2.05) is 27.7 Å². The van der Waals surface area contributed by atoms with Crippen LogP contribution in [0, 0.1) is 18.7 Å². The second kappa shape index (κ2) is 11.7. The highest BCUT2D eigenvalue weighted by Gasteiger charge is 2.21. The number of carbonyl (C=O) groups excluding carboxylic acids is 1. The maximum Gasteiger partial charge on any atom is 0.281 e. The summed E-state index contributed by atoms with van der Waals surface area (Å²) in [5.74, 6) is -0.708. The van der Waals surface area contributed by atoms with Gasteiger partial charge in [-0.25, -0.2) is 4.39 Å². The van der Waals surface area contributed by atoms with Crippen LogP contribution in [0.4, 0.5) is 4.39 Å². The Morgan fingerprint density at radius 3 is 2.25 bits per heavy atom. The molecule has 0 unspecified atom stereocenters. The molecule has 4 nitrogen and oxygen atoms in total. The topological polar surface area (TPSA) is 58.7 Å². The summed E-state index contributed by atoms with van der Waals surface area (Å²) in [6.07, 6.45) is 1.77. The second-order valence-electron chi connectivity index (χ2n) is 5.40. The van der Waals surface area contributed by atoms with Crippen LogP contribution in [0.2, 0.25) is 0 Å². The molecule has 2 N–H and O–H groups in total. The van der Waals surface area contributed by atoms with Crippen LogP contribution in [0.5, 0.6) is 0 Å². The van der Waals surface area contributed by atoms with E-state index < -0.39 is 11.7 Å². The highest BCUT2D eigenvalue weighted by Crippen LogP contribution is 2.17. The van der Waals surface area contributed by atoms with E-state index in [1.54, 1.807) is 13.0 Å². The van der Waals surface area contributed by atoms with Crippen LogP contribution in [-0.4, -0.2) is 36.8 Å². The molecule has 0 saturated carbocycles. The first-order chi connectivity index (χ1) is 11.5. The van der Waals surface area contributed by atoms with Crippen LogP contribution in [-0.2, 0) is 0 Å². The zero-order valence-electron chi connectivity index (χ0n) is 15.9. The molecule has 1 aliphatic rings. The van der Waals surface area contributed by atoms with Gasteiger partial charge in [0.1, 0.15) is 11.7 Å². The lowest BCUT2D eigenvalue weighted by atomic mass is 9.96. The molecular weight excluding hydrogens is 305 g/mol. The summed E-state index contributed by atoms with van der Waals surface area (Å²) in [4.78, 5) is 18.1. The molecule has 0 bridgehead atoms. The Balaban J connectivity index is 0.00000123. The van der Waals surface area contributed by atoms with Crippen LogP contribution in [0.25, 0.3) is 0 Å². The van der Waals surface area contributed by atoms with Crippen LogP contribution in [0.15, 0.2) is 23.2 Å². The van der Waals surface area contributed by atoms with E-state index in [0.29, 0.717) is 5.84 Å². The highest BCUT2D eigenvalue weighted by molar-refractivity contribution is 6.03. The van der Waals surface area contributed by atoms with Gasteiger partial charge in [0.15, 0.2) is 0 Å². The summed E-state index contributed by atoms with van der Waals surface area (Å²) < 4.78 is 13.7. The Morgan fingerprint density at radius 1 is 1.21 bits per heavy atom. The molecule has 0 aromatic heterocycles. The van der Waals surface area contributed by atoms with Crippen molar-refractivity contribution in [2.75, 3.05) is 20.1 Å². The molecule has 2 rings (SSSR count). The fourth-order valence-electron chi connectivity index (χ4n) is 2.37. The normalized spacial score (nSPS) is 15.7. The van der Waals surface area contributed by atoms with E-state index in [0.717, 1.165) is 31.5 Å². The molecule has 5 heteroatoms. The minimum absolute atomic E-state index is 0.0218. The molecule has 1 aromatic carbocycles. The van der Waals surface area contributed by atoms with Crippen molar-refractivity contribution in [3.05, 3.63) is 35.1 Å². The van der Waals surface area contributed by atoms with E-state index in [9.17, 15) is 9.18 Å². The lowest BCUT2D eigenvalue weighted by molar-refractivity contribution is 0.0998. The van der Waals surface area contributed by atoms with Gasteiger partial charge in [-0.15, -0.1) is 0 Å². The van der Waals surface area contributed by atoms with Crippen molar-refractivity contribution in [1.82, 2.24) is 4.90 Å².